The first-order valence-corrected chi connectivity index (χ1v) is 11.0. The van der Waals surface area contributed by atoms with Gasteiger partial charge in [0.05, 0.1) is 18.1 Å². The number of carbonyl (C=O) groups is 2. The van der Waals surface area contributed by atoms with Gasteiger partial charge in [-0.1, -0.05) is 49.6 Å². The zero-order chi connectivity index (χ0) is 21.8. The van der Waals surface area contributed by atoms with E-state index in [4.69, 9.17) is 4.74 Å². The molecule has 0 saturated heterocycles. The van der Waals surface area contributed by atoms with Crippen molar-refractivity contribution >= 4 is 11.8 Å². The molecule has 5 nitrogen and oxygen atoms in total. The monoisotopic (exact) mass is 424 g/mol. The molecule has 1 aliphatic heterocycles. The highest BCUT2D eigenvalue weighted by Gasteiger charge is 2.54. The highest BCUT2D eigenvalue weighted by molar-refractivity contribution is 6.02. The smallest absolute Gasteiger partial charge is 0.254 e. The average Bonchev–Trinajstić information content (AvgIpc) is 2.78. The van der Waals surface area contributed by atoms with Gasteiger partial charge in [-0.15, -0.1) is 0 Å². The second kappa shape index (κ2) is 9.18. The molecular weight excluding hydrogens is 395 g/mol. The molecule has 1 fully saturated rings. The Kier molecular flexibility index (Phi) is 6.37. The van der Waals surface area contributed by atoms with E-state index in [1.54, 1.807) is 25.3 Å². The van der Waals surface area contributed by atoms with Crippen LogP contribution < -0.4 is 5.32 Å². The van der Waals surface area contributed by atoms with E-state index in [1.807, 2.05) is 23.1 Å². The Morgan fingerprint density at radius 2 is 1.94 bits per heavy atom. The van der Waals surface area contributed by atoms with Crippen LogP contribution in [0.3, 0.4) is 0 Å². The van der Waals surface area contributed by atoms with Crippen molar-refractivity contribution in [3.8, 4) is 0 Å². The highest BCUT2D eigenvalue weighted by atomic mass is 19.1. The Hall–Kier alpha value is -2.73. The van der Waals surface area contributed by atoms with Crippen molar-refractivity contribution in [1.82, 2.24) is 10.2 Å². The van der Waals surface area contributed by atoms with Gasteiger partial charge in [0, 0.05) is 25.8 Å². The van der Waals surface area contributed by atoms with Crippen molar-refractivity contribution in [2.24, 2.45) is 0 Å². The lowest BCUT2D eigenvalue weighted by atomic mass is 9.65. The van der Waals surface area contributed by atoms with E-state index in [9.17, 15) is 14.0 Å². The maximum Gasteiger partial charge on any atom is 0.254 e. The zero-order valence-corrected chi connectivity index (χ0v) is 17.9. The summed E-state index contributed by atoms with van der Waals surface area (Å²) in [6, 6.07) is 13.7. The number of hydrogen-bond donors (Lipinski definition) is 1. The number of halogens is 1. The summed E-state index contributed by atoms with van der Waals surface area (Å²) in [7, 11) is 1.62. The van der Waals surface area contributed by atoms with Crippen molar-refractivity contribution in [3.05, 3.63) is 71.0 Å². The number of amides is 2. The molecule has 1 spiro atoms. The summed E-state index contributed by atoms with van der Waals surface area (Å²) in [4.78, 5) is 29.0. The molecule has 0 bridgehead atoms. The number of hydrogen-bond acceptors (Lipinski definition) is 3. The second-order valence-electron chi connectivity index (χ2n) is 8.48. The maximum atomic E-state index is 13.6. The Morgan fingerprint density at radius 1 is 1.16 bits per heavy atom. The molecule has 1 atom stereocenters. The van der Waals surface area contributed by atoms with Crippen molar-refractivity contribution < 1.29 is 18.7 Å². The first-order valence-electron chi connectivity index (χ1n) is 11.0. The molecule has 2 aromatic rings. The van der Waals surface area contributed by atoms with E-state index >= 15 is 0 Å². The van der Waals surface area contributed by atoms with Crippen molar-refractivity contribution in [2.45, 2.75) is 50.1 Å². The van der Waals surface area contributed by atoms with Crippen LogP contribution in [0, 0.1) is 5.82 Å². The molecule has 2 aliphatic rings. The third kappa shape index (κ3) is 4.09. The molecule has 164 valence electrons. The predicted octanol–water partition coefficient (Wildman–Crippen LogP) is 4.03. The van der Waals surface area contributed by atoms with E-state index in [0.29, 0.717) is 24.3 Å². The summed E-state index contributed by atoms with van der Waals surface area (Å²) in [6.07, 6.45) is 4.64. The van der Waals surface area contributed by atoms with Crippen molar-refractivity contribution in [1.29, 1.82) is 0 Å². The number of carbonyl (C=O) groups excluding carboxylic acids is 2. The van der Waals surface area contributed by atoms with Crippen molar-refractivity contribution in [2.75, 3.05) is 20.3 Å². The number of methoxy groups -OCH3 is 1. The van der Waals surface area contributed by atoms with Crippen LogP contribution in [-0.2, 0) is 16.1 Å². The number of benzene rings is 2. The molecule has 1 aliphatic carbocycles. The lowest BCUT2D eigenvalue weighted by Crippen LogP contribution is -2.63. The molecule has 0 unspecified atom stereocenters. The molecular formula is C25H29FN2O3. The molecule has 1 N–H and O–H groups in total. The van der Waals surface area contributed by atoms with Gasteiger partial charge >= 0.3 is 0 Å². The summed E-state index contributed by atoms with van der Waals surface area (Å²) in [5.41, 5.74) is 1.52. The Morgan fingerprint density at radius 3 is 2.68 bits per heavy atom. The van der Waals surface area contributed by atoms with Crippen molar-refractivity contribution in [3.63, 3.8) is 0 Å². The van der Waals surface area contributed by atoms with Crippen LogP contribution in [0.4, 0.5) is 4.39 Å². The van der Waals surface area contributed by atoms with Crippen LogP contribution in [0.25, 0.3) is 0 Å². The van der Waals surface area contributed by atoms with Crippen LogP contribution in [0.5, 0.6) is 0 Å². The van der Waals surface area contributed by atoms with Crippen LogP contribution in [0.15, 0.2) is 48.5 Å². The molecule has 31 heavy (non-hydrogen) atoms. The van der Waals surface area contributed by atoms with E-state index in [0.717, 1.165) is 37.7 Å². The first-order chi connectivity index (χ1) is 15.1. The van der Waals surface area contributed by atoms with Gasteiger partial charge in [-0.25, -0.2) is 4.39 Å². The fourth-order valence-corrected chi connectivity index (χ4v) is 5.29. The van der Waals surface area contributed by atoms with Crippen LogP contribution in [0.1, 0.15) is 59.5 Å². The fraction of sp³-hybridized carbons (Fsp3) is 0.440. The molecule has 2 amide bonds. The van der Waals surface area contributed by atoms with Gasteiger partial charge in [0.2, 0.25) is 5.91 Å². The van der Waals surface area contributed by atoms with Crippen LogP contribution in [-0.4, -0.2) is 42.5 Å². The lowest BCUT2D eigenvalue weighted by Gasteiger charge is -2.53. The number of rotatable bonds is 6. The summed E-state index contributed by atoms with van der Waals surface area (Å²) < 4.78 is 18.9. The standard InChI is InChI=1S/C25H29FN2O3/c1-31-15-14-28-24(30)21-11-4-3-10-20(21)22(25(28)12-5-2-6-13-25)23(29)27-17-18-8-7-9-19(26)16-18/h3-4,7-11,16,22H,2,5-6,12-15,17H2,1H3,(H,27,29)/t22-/m0/s1. The Balaban J connectivity index is 1.71. The molecule has 0 aromatic heterocycles. The minimum Gasteiger partial charge on any atom is -0.383 e. The molecule has 2 aromatic carbocycles. The Bertz CT molecular complexity index is 955. The summed E-state index contributed by atoms with van der Waals surface area (Å²) >= 11 is 0. The number of nitrogens with zero attached hydrogens (tertiary/aromatic N) is 1. The van der Waals surface area contributed by atoms with Gasteiger partial charge in [0.1, 0.15) is 5.82 Å². The number of nitrogens with one attached hydrogen (secondary N) is 1. The number of fused-ring (bicyclic) bond motifs is 1. The molecule has 1 heterocycles. The molecule has 1 saturated carbocycles. The largest absolute Gasteiger partial charge is 0.383 e. The maximum absolute atomic E-state index is 13.6. The Labute approximate surface area is 182 Å². The summed E-state index contributed by atoms with van der Waals surface area (Å²) in [6.45, 7) is 1.13. The van der Waals surface area contributed by atoms with Gasteiger partial charge in [0.25, 0.3) is 5.91 Å². The summed E-state index contributed by atoms with van der Waals surface area (Å²) in [5.74, 6) is -0.931. The minimum absolute atomic E-state index is 0.0243. The highest BCUT2D eigenvalue weighted by Crippen LogP contribution is 2.49. The lowest BCUT2D eigenvalue weighted by molar-refractivity contribution is -0.127. The van der Waals surface area contributed by atoms with Gasteiger partial charge in [-0.05, 0) is 42.2 Å². The third-order valence-electron chi connectivity index (χ3n) is 6.68. The van der Waals surface area contributed by atoms with E-state index < -0.39 is 11.5 Å². The minimum atomic E-state index is -0.561. The topological polar surface area (TPSA) is 58.6 Å². The van der Waals surface area contributed by atoms with Gasteiger partial charge in [-0.2, -0.15) is 0 Å². The van der Waals surface area contributed by atoms with Crippen LogP contribution in [0.2, 0.25) is 0 Å². The summed E-state index contributed by atoms with van der Waals surface area (Å²) in [5, 5.41) is 3.03. The van der Waals surface area contributed by atoms with E-state index in [2.05, 4.69) is 5.32 Å². The fourth-order valence-electron chi connectivity index (χ4n) is 5.29. The molecule has 4 rings (SSSR count). The van der Waals surface area contributed by atoms with Crippen LogP contribution >= 0.6 is 0 Å². The van der Waals surface area contributed by atoms with E-state index in [-0.39, 0.29) is 24.2 Å². The van der Waals surface area contributed by atoms with Gasteiger partial charge in [-0.3, -0.25) is 9.59 Å². The third-order valence-corrected chi connectivity index (χ3v) is 6.68. The molecule has 6 heteroatoms. The molecule has 0 radical (unpaired) electrons. The van der Waals surface area contributed by atoms with E-state index in [1.165, 1.54) is 12.1 Å². The second-order valence-corrected chi connectivity index (χ2v) is 8.48. The first kappa shape index (κ1) is 21.5. The SMILES string of the molecule is COCCN1C(=O)c2ccccc2[C@@H](C(=O)NCc2cccc(F)c2)C12CCCCC2. The number of ether oxygens (including phenoxy) is 1. The average molecular weight is 425 g/mol. The predicted molar refractivity (Wildman–Crippen MR) is 116 cm³/mol. The quantitative estimate of drug-likeness (QED) is 0.762. The normalized spacial score (nSPS) is 19.9. The van der Waals surface area contributed by atoms with Gasteiger partial charge in [0.15, 0.2) is 0 Å². The van der Waals surface area contributed by atoms with Gasteiger partial charge < -0.3 is 15.0 Å². The zero-order valence-electron chi connectivity index (χ0n) is 17.9.